The van der Waals surface area contributed by atoms with Gasteiger partial charge in [-0.1, -0.05) is 19.9 Å². The van der Waals surface area contributed by atoms with Crippen molar-refractivity contribution in [2.24, 2.45) is 0 Å². The van der Waals surface area contributed by atoms with Crippen molar-refractivity contribution in [3.63, 3.8) is 0 Å². The number of halogens is 2. The molecule has 3 nitrogen and oxygen atoms in total. The van der Waals surface area contributed by atoms with Gasteiger partial charge in [-0.15, -0.1) is 11.6 Å². The van der Waals surface area contributed by atoms with Crippen LogP contribution in [0.4, 0.5) is 0 Å². The Morgan fingerprint density at radius 2 is 1.75 bits per heavy atom. The van der Waals surface area contributed by atoms with Crippen LogP contribution in [0.1, 0.15) is 37.8 Å². The van der Waals surface area contributed by atoms with Gasteiger partial charge in [0.05, 0.1) is 4.90 Å². The number of alkyl halides is 1. The molecule has 0 atom stereocenters. The maximum Gasteiger partial charge on any atom is 0.244 e. The normalized spacial score (nSPS) is 12.1. The van der Waals surface area contributed by atoms with E-state index in [1.807, 2.05) is 26.8 Å². The molecule has 0 saturated heterocycles. The van der Waals surface area contributed by atoms with Gasteiger partial charge in [-0.05, 0) is 52.9 Å². The van der Waals surface area contributed by atoms with Gasteiger partial charge in [-0.3, -0.25) is 0 Å². The van der Waals surface area contributed by atoms with Crippen LogP contribution in [0.25, 0.3) is 0 Å². The summed E-state index contributed by atoms with van der Waals surface area (Å²) in [6, 6.07) is 3.57. The molecule has 1 aromatic carbocycles. The van der Waals surface area contributed by atoms with E-state index in [0.29, 0.717) is 28.3 Å². The molecule has 0 N–H and O–H groups in total. The van der Waals surface area contributed by atoms with Crippen LogP contribution in [-0.2, 0) is 15.9 Å². The van der Waals surface area contributed by atoms with Gasteiger partial charge in [0, 0.05) is 23.4 Å². The Balaban J connectivity index is 3.36. The number of aryl methyl sites for hydroxylation is 1. The van der Waals surface area contributed by atoms with Crippen molar-refractivity contribution in [3.05, 3.63) is 27.7 Å². The minimum atomic E-state index is -3.48. The summed E-state index contributed by atoms with van der Waals surface area (Å²) in [4.78, 5) is 0.315. The van der Waals surface area contributed by atoms with Crippen molar-refractivity contribution in [1.82, 2.24) is 4.31 Å². The lowest BCUT2D eigenvalue weighted by Crippen LogP contribution is -2.33. The quantitative estimate of drug-likeness (QED) is 0.659. The molecule has 6 heteroatoms. The maximum absolute atomic E-state index is 12.8. The third kappa shape index (κ3) is 3.97. The Morgan fingerprint density at radius 3 is 2.20 bits per heavy atom. The van der Waals surface area contributed by atoms with Crippen molar-refractivity contribution in [1.29, 1.82) is 0 Å². The molecule has 0 saturated carbocycles. The number of sulfonamides is 1. The summed E-state index contributed by atoms with van der Waals surface area (Å²) in [5, 5.41) is 0. The SMILES string of the molecule is CCCN(CCC)S(=O)(=O)c1cc(CCl)cc(C)c1Br. The first-order valence-electron chi connectivity index (χ1n) is 6.73. The minimum absolute atomic E-state index is 0.304. The number of benzene rings is 1. The summed E-state index contributed by atoms with van der Waals surface area (Å²) in [6.07, 6.45) is 1.59. The molecule has 0 heterocycles. The highest BCUT2D eigenvalue weighted by Gasteiger charge is 2.26. The van der Waals surface area contributed by atoms with E-state index in [2.05, 4.69) is 15.9 Å². The fourth-order valence-corrected chi connectivity index (χ4v) is 4.87. The Labute approximate surface area is 135 Å². The molecule has 20 heavy (non-hydrogen) atoms. The molecular formula is C14H21BrClNO2S. The van der Waals surface area contributed by atoms with Crippen LogP contribution in [0.3, 0.4) is 0 Å². The Hall–Kier alpha value is -0.100. The molecule has 0 amide bonds. The van der Waals surface area contributed by atoms with Gasteiger partial charge >= 0.3 is 0 Å². The Bertz CT molecular complexity index is 555. The zero-order chi connectivity index (χ0) is 15.3. The average Bonchev–Trinajstić information content (AvgIpc) is 2.41. The van der Waals surface area contributed by atoms with Gasteiger partial charge in [0.15, 0.2) is 0 Å². The molecule has 0 aliphatic carbocycles. The summed E-state index contributed by atoms with van der Waals surface area (Å²) in [6.45, 7) is 6.91. The lowest BCUT2D eigenvalue weighted by molar-refractivity contribution is 0.409. The third-order valence-corrected chi connectivity index (χ3v) is 6.55. The van der Waals surface area contributed by atoms with E-state index < -0.39 is 10.0 Å². The van der Waals surface area contributed by atoms with E-state index >= 15 is 0 Å². The summed E-state index contributed by atoms with van der Waals surface area (Å²) in [5.74, 6) is 0.304. The van der Waals surface area contributed by atoms with Gasteiger partial charge in [0.2, 0.25) is 10.0 Å². The highest BCUT2D eigenvalue weighted by molar-refractivity contribution is 9.10. The summed E-state index contributed by atoms with van der Waals surface area (Å²) < 4.78 is 27.8. The highest BCUT2D eigenvalue weighted by Crippen LogP contribution is 2.30. The van der Waals surface area contributed by atoms with Gasteiger partial charge in [-0.25, -0.2) is 8.42 Å². The molecule has 0 aliphatic rings. The lowest BCUT2D eigenvalue weighted by Gasteiger charge is -2.22. The zero-order valence-electron chi connectivity index (χ0n) is 12.1. The van der Waals surface area contributed by atoms with Crippen LogP contribution in [0.5, 0.6) is 0 Å². The molecule has 0 unspecified atom stereocenters. The van der Waals surface area contributed by atoms with Crippen molar-refractivity contribution in [2.75, 3.05) is 13.1 Å². The van der Waals surface area contributed by atoms with Crippen LogP contribution < -0.4 is 0 Å². The summed E-state index contributed by atoms with van der Waals surface area (Å²) in [5.41, 5.74) is 1.70. The number of hydrogen-bond donors (Lipinski definition) is 0. The summed E-state index contributed by atoms with van der Waals surface area (Å²) >= 11 is 9.25. The zero-order valence-corrected chi connectivity index (χ0v) is 15.3. The molecular weight excluding hydrogens is 362 g/mol. The van der Waals surface area contributed by atoms with E-state index in [0.717, 1.165) is 24.0 Å². The monoisotopic (exact) mass is 381 g/mol. The standard InChI is InChI=1S/C14H21BrClNO2S/c1-4-6-17(7-5-2)20(18,19)13-9-12(10-16)8-11(3)14(13)15/h8-9H,4-7,10H2,1-3H3. The molecule has 0 aliphatic heterocycles. The molecule has 114 valence electrons. The van der Waals surface area contributed by atoms with Gasteiger partial charge in [-0.2, -0.15) is 4.31 Å². The number of hydrogen-bond acceptors (Lipinski definition) is 2. The van der Waals surface area contributed by atoms with E-state index in [4.69, 9.17) is 11.6 Å². The molecule has 1 aromatic rings. The van der Waals surface area contributed by atoms with Crippen molar-refractivity contribution >= 4 is 37.6 Å². The molecule has 0 radical (unpaired) electrons. The van der Waals surface area contributed by atoms with E-state index in [1.54, 1.807) is 10.4 Å². The van der Waals surface area contributed by atoms with E-state index in [1.165, 1.54) is 0 Å². The van der Waals surface area contributed by atoms with Crippen molar-refractivity contribution in [2.45, 2.75) is 44.4 Å². The van der Waals surface area contributed by atoms with E-state index in [9.17, 15) is 8.42 Å². The van der Waals surface area contributed by atoms with Crippen LogP contribution in [0.15, 0.2) is 21.5 Å². The lowest BCUT2D eigenvalue weighted by atomic mass is 10.2. The molecule has 1 rings (SSSR count). The van der Waals surface area contributed by atoms with E-state index in [-0.39, 0.29) is 0 Å². The van der Waals surface area contributed by atoms with Crippen LogP contribution in [-0.4, -0.2) is 25.8 Å². The molecule has 0 spiro atoms. The van der Waals surface area contributed by atoms with Crippen LogP contribution >= 0.6 is 27.5 Å². The fraction of sp³-hybridized carbons (Fsp3) is 0.571. The maximum atomic E-state index is 12.8. The Morgan fingerprint density at radius 1 is 1.20 bits per heavy atom. The smallest absolute Gasteiger partial charge is 0.207 e. The topological polar surface area (TPSA) is 37.4 Å². The first-order valence-corrected chi connectivity index (χ1v) is 9.50. The van der Waals surface area contributed by atoms with Crippen LogP contribution in [0, 0.1) is 6.92 Å². The van der Waals surface area contributed by atoms with Crippen molar-refractivity contribution in [3.8, 4) is 0 Å². The third-order valence-electron chi connectivity index (χ3n) is 3.00. The summed E-state index contributed by atoms with van der Waals surface area (Å²) in [7, 11) is -3.48. The Kier molecular flexibility index (Phi) is 6.98. The first-order chi connectivity index (χ1) is 9.38. The molecule has 0 aromatic heterocycles. The second-order valence-corrected chi connectivity index (χ2v) is 7.73. The van der Waals surface area contributed by atoms with Gasteiger partial charge in [0.1, 0.15) is 0 Å². The molecule has 0 bridgehead atoms. The minimum Gasteiger partial charge on any atom is -0.207 e. The van der Waals surface area contributed by atoms with Gasteiger partial charge in [0.25, 0.3) is 0 Å². The highest BCUT2D eigenvalue weighted by atomic mass is 79.9. The largest absolute Gasteiger partial charge is 0.244 e. The fourth-order valence-electron chi connectivity index (χ4n) is 2.06. The van der Waals surface area contributed by atoms with Crippen molar-refractivity contribution < 1.29 is 8.42 Å². The average molecular weight is 383 g/mol. The first kappa shape index (κ1) is 18.0. The number of rotatable bonds is 7. The second-order valence-electron chi connectivity index (χ2n) is 4.76. The number of nitrogens with zero attached hydrogens (tertiary/aromatic N) is 1. The second kappa shape index (κ2) is 7.78. The van der Waals surface area contributed by atoms with Gasteiger partial charge < -0.3 is 0 Å². The molecule has 0 fully saturated rings. The predicted molar refractivity (Wildman–Crippen MR) is 87.8 cm³/mol. The predicted octanol–water partition coefficient (Wildman–Crippen LogP) is 4.31. The van der Waals surface area contributed by atoms with Crippen LogP contribution in [0.2, 0.25) is 0 Å².